The summed E-state index contributed by atoms with van der Waals surface area (Å²) >= 11 is 17.8. The minimum atomic E-state index is -3.81. The first kappa shape index (κ1) is 23.2. The zero-order valence-corrected chi connectivity index (χ0v) is 19.0. The van der Waals surface area contributed by atoms with E-state index in [0.29, 0.717) is 23.8 Å². The molecule has 0 spiro atoms. The Morgan fingerprint density at radius 2 is 1.73 bits per heavy atom. The van der Waals surface area contributed by atoms with Gasteiger partial charge >= 0.3 is 0 Å². The van der Waals surface area contributed by atoms with Crippen LogP contribution in [0.2, 0.25) is 15.1 Å². The number of anilines is 1. The minimum absolute atomic E-state index is 0.0660. The fourth-order valence-electron chi connectivity index (χ4n) is 3.12. The molecule has 2 aromatic rings. The van der Waals surface area contributed by atoms with Gasteiger partial charge in [-0.25, -0.2) is 12.8 Å². The number of sulfonamides is 1. The van der Waals surface area contributed by atoms with Crippen molar-refractivity contribution in [1.82, 2.24) is 9.21 Å². The molecule has 30 heavy (non-hydrogen) atoms. The second-order valence-electron chi connectivity index (χ2n) is 6.78. The van der Waals surface area contributed by atoms with Crippen molar-refractivity contribution in [1.29, 1.82) is 0 Å². The third-order valence-electron chi connectivity index (χ3n) is 4.94. The van der Waals surface area contributed by atoms with Gasteiger partial charge in [0.1, 0.15) is 5.82 Å². The first-order valence-corrected chi connectivity index (χ1v) is 11.6. The number of nitrogens with zero attached hydrogens (tertiary/aromatic N) is 2. The summed E-state index contributed by atoms with van der Waals surface area (Å²) in [5, 5.41) is 3.09. The summed E-state index contributed by atoms with van der Waals surface area (Å²) in [5.41, 5.74) is 0.412. The fraction of sp³-hybridized carbons (Fsp3) is 0.316. The molecule has 1 aliphatic rings. The number of hydrogen-bond donors (Lipinski definition) is 1. The molecule has 1 atom stereocenters. The van der Waals surface area contributed by atoms with Gasteiger partial charge < -0.3 is 5.32 Å². The van der Waals surface area contributed by atoms with Crippen molar-refractivity contribution in [2.75, 3.05) is 31.5 Å². The van der Waals surface area contributed by atoms with Gasteiger partial charge in [0.25, 0.3) is 0 Å². The molecule has 0 aromatic heterocycles. The molecule has 2 aromatic carbocycles. The molecule has 1 fully saturated rings. The fourth-order valence-corrected chi connectivity index (χ4v) is 5.16. The van der Waals surface area contributed by atoms with Gasteiger partial charge in [-0.2, -0.15) is 4.31 Å². The quantitative estimate of drug-likeness (QED) is 0.679. The van der Waals surface area contributed by atoms with Gasteiger partial charge in [-0.3, -0.25) is 9.69 Å². The first-order chi connectivity index (χ1) is 14.1. The number of rotatable bonds is 5. The lowest BCUT2D eigenvalue weighted by atomic mass is 10.2. The van der Waals surface area contributed by atoms with Gasteiger partial charge in [0.2, 0.25) is 15.9 Å². The minimum Gasteiger partial charge on any atom is -0.323 e. The van der Waals surface area contributed by atoms with Crippen LogP contribution in [0.4, 0.5) is 10.1 Å². The molecule has 162 valence electrons. The van der Waals surface area contributed by atoms with E-state index in [2.05, 4.69) is 5.32 Å². The molecule has 3 rings (SSSR count). The number of halogens is 4. The van der Waals surface area contributed by atoms with E-state index in [1.807, 2.05) is 4.90 Å². The molecule has 0 radical (unpaired) electrons. The van der Waals surface area contributed by atoms with E-state index >= 15 is 0 Å². The normalized spacial score (nSPS) is 17.0. The molecule has 1 unspecified atom stereocenters. The zero-order chi connectivity index (χ0) is 22.1. The Labute approximate surface area is 189 Å². The van der Waals surface area contributed by atoms with Crippen molar-refractivity contribution in [3.05, 3.63) is 57.3 Å². The van der Waals surface area contributed by atoms with Crippen molar-refractivity contribution >= 4 is 56.4 Å². The van der Waals surface area contributed by atoms with Crippen LogP contribution in [0.5, 0.6) is 0 Å². The van der Waals surface area contributed by atoms with E-state index in [4.69, 9.17) is 34.8 Å². The number of carbonyl (C=O) groups excluding carboxylic acids is 1. The smallest absolute Gasteiger partial charge is 0.243 e. The van der Waals surface area contributed by atoms with E-state index in [1.165, 1.54) is 10.4 Å². The van der Waals surface area contributed by atoms with Crippen LogP contribution in [0.3, 0.4) is 0 Å². The lowest BCUT2D eigenvalue weighted by Crippen LogP contribution is -2.53. The van der Waals surface area contributed by atoms with Crippen LogP contribution in [0.15, 0.2) is 41.3 Å². The molecule has 0 bridgehead atoms. The maximum atomic E-state index is 13.3. The predicted molar refractivity (Wildman–Crippen MR) is 116 cm³/mol. The largest absolute Gasteiger partial charge is 0.323 e. The molecule has 11 heteroatoms. The van der Waals surface area contributed by atoms with Crippen molar-refractivity contribution in [3.8, 4) is 0 Å². The van der Waals surface area contributed by atoms with Gasteiger partial charge in [0.05, 0.1) is 31.7 Å². The van der Waals surface area contributed by atoms with E-state index in [-0.39, 0.29) is 33.9 Å². The van der Waals surface area contributed by atoms with Crippen LogP contribution in [-0.4, -0.2) is 55.8 Å². The number of piperazine rings is 1. The van der Waals surface area contributed by atoms with Crippen LogP contribution in [0.1, 0.15) is 6.92 Å². The Morgan fingerprint density at radius 3 is 2.37 bits per heavy atom. The standard InChI is InChI=1S/C19H19Cl3FN3O3S/c1-12(19(27)24-17-4-2-3-14(20)18(17)22)25-7-9-26(10-8-25)30(28,29)13-5-6-16(23)15(21)11-13/h2-6,11-12H,7-10H2,1H3,(H,24,27). The number of hydrogen-bond acceptors (Lipinski definition) is 4. The Kier molecular flexibility index (Phi) is 7.27. The van der Waals surface area contributed by atoms with E-state index in [0.717, 1.165) is 12.1 Å². The highest BCUT2D eigenvalue weighted by Gasteiger charge is 2.32. The Balaban J connectivity index is 1.63. The summed E-state index contributed by atoms with van der Waals surface area (Å²) in [6.45, 7) is 2.81. The van der Waals surface area contributed by atoms with Crippen molar-refractivity contribution in [2.24, 2.45) is 0 Å². The number of nitrogens with one attached hydrogen (secondary N) is 1. The van der Waals surface area contributed by atoms with E-state index in [9.17, 15) is 17.6 Å². The molecular formula is C19H19Cl3FN3O3S. The predicted octanol–water partition coefficient (Wildman–Crippen LogP) is 4.12. The average molecular weight is 495 g/mol. The van der Waals surface area contributed by atoms with Crippen molar-refractivity contribution in [2.45, 2.75) is 17.9 Å². The lowest BCUT2D eigenvalue weighted by molar-refractivity contribution is -0.121. The summed E-state index contributed by atoms with van der Waals surface area (Å²) in [6.07, 6.45) is 0. The maximum Gasteiger partial charge on any atom is 0.243 e. The van der Waals surface area contributed by atoms with Gasteiger partial charge in [-0.05, 0) is 37.3 Å². The molecule has 1 aliphatic heterocycles. The molecular weight excluding hydrogens is 476 g/mol. The summed E-state index contributed by atoms with van der Waals surface area (Å²) in [7, 11) is -3.81. The third kappa shape index (κ3) is 4.90. The van der Waals surface area contributed by atoms with Gasteiger partial charge in [0.15, 0.2) is 0 Å². The number of carbonyl (C=O) groups is 1. The second-order valence-corrected chi connectivity index (χ2v) is 9.91. The summed E-state index contributed by atoms with van der Waals surface area (Å²) in [5.74, 6) is -0.958. The Bertz CT molecular complexity index is 1060. The highest BCUT2D eigenvalue weighted by Crippen LogP contribution is 2.30. The highest BCUT2D eigenvalue weighted by molar-refractivity contribution is 7.89. The first-order valence-electron chi connectivity index (χ1n) is 9.05. The van der Waals surface area contributed by atoms with E-state index in [1.54, 1.807) is 25.1 Å². The maximum absolute atomic E-state index is 13.3. The Morgan fingerprint density at radius 1 is 1.07 bits per heavy atom. The van der Waals surface area contributed by atoms with Gasteiger partial charge in [0, 0.05) is 26.2 Å². The molecule has 1 amide bonds. The van der Waals surface area contributed by atoms with Crippen LogP contribution >= 0.6 is 34.8 Å². The molecule has 6 nitrogen and oxygen atoms in total. The average Bonchev–Trinajstić information content (AvgIpc) is 2.72. The van der Waals surface area contributed by atoms with Gasteiger partial charge in [-0.1, -0.05) is 40.9 Å². The number of benzene rings is 2. The summed E-state index contributed by atoms with van der Waals surface area (Å²) < 4.78 is 40.2. The summed E-state index contributed by atoms with van der Waals surface area (Å²) in [6, 6.07) is 7.76. The molecule has 0 aliphatic carbocycles. The Hall–Kier alpha value is -1.42. The lowest BCUT2D eigenvalue weighted by Gasteiger charge is -2.36. The third-order valence-corrected chi connectivity index (χ3v) is 7.94. The van der Waals surface area contributed by atoms with Crippen LogP contribution in [0.25, 0.3) is 0 Å². The van der Waals surface area contributed by atoms with Crippen molar-refractivity contribution < 1.29 is 17.6 Å². The molecule has 0 saturated carbocycles. The topological polar surface area (TPSA) is 69.7 Å². The molecule has 1 saturated heterocycles. The van der Waals surface area contributed by atoms with Crippen LogP contribution < -0.4 is 5.32 Å². The summed E-state index contributed by atoms with van der Waals surface area (Å²) in [4.78, 5) is 14.4. The second kappa shape index (κ2) is 9.38. The zero-order valence-electron chi connectivity index (χ0n) is 15.9. The van der Waals surface area contributed by atoms with Crippen LogP contribution in [-0.2, 0) is 14.8 Å². The molecule has 1 heterocycles. The van der Waals surface area contributed by atoms with Gasteiger partial charge in [-0.15, -0.1) is 0 Å². The van der Waals surface area contributed by atoms with E-state index < -0.39 is 21.9 Å². The SMILES string of the molecule is CC(C(=O)Nc1cccc(Cl)c1Cl)N1CCN(S(=O)(=O)c2ccc(F)c(Cl)c2)CC1. The van der Waals surface area contributed by atoms with Crippen molar-refractivity contribution in [3.63, 3.8) is 0 Å². The monoisotopic (exact) mass is 493 g/mol. The van der Waals surface area contributed by atoms with Crippen LogP contribution in [0, 0.1) is 5.82 Å². The highest BCUT2D eigenvalue weighted by atomic mass is 35.5. The molecule has 1 N–H and O–H groups in total. The number of amides is 1.